The fourth-order valence-electron chi connectivity index (χ4n) is 2.45. The molecule has 4 nitrogen and oxygen atoms in total. The van der Waals surface area contributed by atoms with Crippen molar-refractivity contribution in [3.8, 4) is 0 Å². The molecule has 2 aliphatic carbocycles. The topological polar surface area (TPSA) is 70.6 Å². The normalized spacial score (nSPS) is 31.4. The van der Waals surface area contributed by atoms with Gasteiger partial charge in [0.2, 0.25) is 0 Å². The molecule has 0 heterocycles. The van der Waals surface area contributed by atoms with Crippen LogP contribution in [0.15, 0.2) is 4.99 Å². The molecule has 4 N–H and O–H groups in total. The molecule has 0 radical (unpaired) electrons. The zero-order valence-corrected chi connectivity index (χ0v) is 9.86. The van der Waals surface area contributed by atoms with E-state index in [0.717, 1.165) is 38.3 Å². The molecular formula is C12H23N3O. The summed E-state index contributed by atoms with van der Waals surface area (Å²) >= 11 is 0. The maximum Gasteiger partial charge on any atom is 0.188 e. The Hall–Kier alpha value is -0.770. The Morgan fingerprint density at radius 3 is 2.56 bits per heavy atom. The Bertz CT molecular complexity index is 251. The number of nitrogens with zero attached hydrogens (tertiary/aromatic N) is 1. The summed E-state index contributed by atoms with van der Waals surface area (Å²) < 4.78 is 0. The summed E-state index contributed by atoms with van der Waals surface area (Å²) in [6, 6.07) is 0. The Balaban J connectivity index is 1.63. The molecule has 0 aliphatic heterocycles. The van der Waals surface area contributed by atoms with Crippen LogP contribution in [0.4, 0.5) is 0 Å². The van der Waals surface area contributed by atoms with E-state index in [1.807, 2.05) is 0 Å². The van der Waals surface area contributed by atoms with Crippen LogP contribution in [0.5, 0.6) is 0 Å². The van der Waals surface area contributed by atoms with Crippen LogP contribution in [-0.4, -0.2) is 30.3 Å². The highest BCUT2D eigenvalue weighted by atomic mass is 16.3. The number of aliphatic hydroxyl groups is 1. The van der Waals surface area contributed by atoms with Gasteiger partial charge in [-0.05, 0) is 31.6 Å². The van der Waals surface area contributed by atoms with Crippen molar-refractivity contribution in [1.29, 1.82) is 0 Å². The molecule has 4 heteroatoms. The summed E-state index contributed by atoms with van der Waals surface area (Å²) in [6.07, 6.45) is 6.98. The summed E-state index contributed by atoms with van der Waals surface area (Å²) in [4.78, 5) is 4.33. The second kappa shape index (κ2) is 5.53. The molecule has 2 fully saturated rings. The van der Waals surface area contributed by atoms with E-state index in [4.69, 9.17) is 5.73 Å². The van der Waals surface area contributed by atoms with E-state index in [1.165, 1.54) is 19.3 Å². The molecule has 0 bridgehead atoms. The van der Waals surface area contributed by atoms with E-state index in [1.54, 1.807) is 0 Å². The molecule has 2 rings (SSSR count). The molecule has 0 aromatic rings. The first-order chi connectivity index (χ1) is 7.75. The van der Waals surface area contributed by atoms with Gasteiger partial charge >= 0.3 is 0 Å². The fraction of sp³-hybridized carbons (Fsp3) is 0.917. The lowest BCUT2D eigenvalue weighted by Gasteiger charge is -2.23. The van der Waals surface area contributed by atoms with E-state index >= 15 is 0 Å². The van der Waals surface area contributed by atoms with Crippen LogP contribution in [0.1, 0.15) is 38.5 Å². The predicted molar refractivity (Wildman–Crippen MR) is 65.2 cm³/mol. The van der Waals surface area contributed by atoms with Gasteiger partial charge in [-0.3, -0.25) is 4.99 Å². The summed E-state index contributed by atoms with van der Waals surface area (Å²) in [5.74, 6) is 1.67. The minimum absolute atomic E-state index is 0.146. The van der Waals surface area contributed by atoms with Crippen LogP contribution in [0.3, 0.4) is 0 Å². The van der Waals surface area contributed by atoms with Crippen LogP contribution in [-0.2, 0) is 0 Å². The van der Waals surface area contributed by atoms with E-state index in [9.17, 15) is 5.11 Å². The summed E-state index contributed by atoms with van der Waals surface area (Å²) in [5.41, 5.74) is 5.78. The predicted octanol–water partition coefficient (Wildman–Crippen LogP) is 0.852. The van der Waals surface area contributed by atoms with Crippen molar-refractivity contribution in [3.05, 3.63) is 0 Å². The molecule has 0 spiro atoms. The largest absolute Gasteiger partial charge is 0.393 e. The first-order valence-corrected chi connectivity index (χ1v) is 6.47. The van der Waals surface area contributed by atoms with Crippen molar-refractivity contribution in [2.45, 2.75) is 44.6 Å². The highest BCUT2D eigenvalue weighted by Gasteiger charge is 2.24. The molecule has 0 amide bonds. The molecule has 2 saturated carbocycles. The Morgan fingerprint density at radius 1 is 1.25 bits per heavy atom. The standard InChI is InChI=1S/C12H23N3O/c13-12(14-7-9-3-1-4-9)15-8-10-5-2-6-11(10)16/h9-11,16H,1-8H2,(H3,13,14,15). The van der Waals surface area contributed by atoms with Gasteiger partial charge in [-0.1, -0.05) is 12.8 Å². The van der Waals surface area contributed by atoms with Crippen LogP contribution in [0.25, 0.3) is 0 Å². The van der Waals surface area contributed by atoms with Gasteiger partial charge in [-0.15, -0.1) is 0 Å². The highest BCUT2D eigenvalue weighted by molar-refractivity contribution is 5.77. The SMILES string of the molecule is NC(=NCC1CCC1)NCC1CCCC1O. The van der Waals surface area contributed by atoms with Gasteiger partial charge < -0.3 is 16.2 Å². The molecule has 16 heavy (non-hydrogen) atoms. The van der Waals surface area contributed by atoms with E-state index in [-0.39, 0.29) is 6.10 Å². The Morgan fingerprint density at radius 2 is 2.00 bits per heavy atom. The van der Waals surface area contributed by atoms with Gasteiger partial charge in [0.05, 0.1) is 6.10 Å². The highest BCUT2D eigenvalue weighted by Crippen LogP contribution is 2.26. The zero-order valence-electron chi connectivity index (χ0n) is 9.86. The maximum atomic E-state index is 9.65. The summed E-state index contributed by atoms with van der Waals surface area (Å²) in [5, 5.41) is 12.8. The van der Waals surface area contributed by atoms with Crippen molar-refractivity contribution < 1.29 is 5.11 Å². The number of aliphatic hydroxyl groups excluding tert-OH is 1. The lowest BCUT2D eigenvalue weighted by atomic mass is 9.86. The third kappa shape index (κ3) is 3.11. The molecule has 2 atom stereocenters. The molecule has 2 aliphatic rings. The van der Waals surface area contributed by atoms with Gasteiger partial charge in [-0.25, -0.2) is 0 Å². The number of nitrogens with two attached hydrogens (primary N) is 1. The summed E-state index contributed by atoms with van der Waals surface area (Å²) in [7, 11) is 0. The second-order valence-corrected chi connectivity index (χ2v) is 5.16. The quantitative estimate of drug-likeness (QED) is 0.491. The third-order valence-electron chi connectivity index (χ3n) is 3.91. The van der Waals surface area contributed by atoms with E-state index in [0.29, 0.717) is 11.9 Å². The lowest BCUT2D eigenvalue weighted by molar-refractivity contribution is 0.134. The van der Waals surface area contributed by atoms with Crippen LogP contribution in [0.2, 0.25) is 0 Å². The van der Waals surface area contributed by atoms with Gasteiger partial charge in [0.25, 0.3) is 0 Å². The van der Waals surface area contributed by atoms with Crippen molar-refractivity contribution in [2.24, 2.45) is 22.6 Å². The smallest absolute Gasteiger partial charge is 0.188 e. The monoisotopic (exact) mass is 225 g/mol. The average Bonchev–Trinajstić information content (AvgIpc) is 2.59. The first kappa shape index (κ1) is 11.7. The van der Waals surface area contributed by atoms with E-state index < -0.39 is 0 Å². The van der Waals surface area contributed by atoms with Gasteiger partial charge in [0.1, 0.15) is 0 Å². The summed E-state index contributed by atoms with van der Waals surface area (Å²) in [6.45, 7) is 1.63. The molecule has 92 valence electrons. The maximum absolute atomic E-state index is 9.65. The number of hydrogen-bond donors (Lipinski definition) is 3. The molecular weight excluding hydrogens is 202 g/mol. The van der Waals surface area contributed by atoms with Crippen molar-refractivity contribution in [3.63, 3.8) is 0 Å². The minimum atomic E-state index is -0.146. The van der Waals surface area contributed by atoms with E-state index in [2.05, 4.69) is 10.3 Å². The third-order valence-corrected chi connectivity index (χ3v) is 3.91. The number of rotatable bonds is 4. The Labute approximate surface area is 97.3 Å². The number of nitrogens with one attached hydrogen (secondary N) is 1. The number of hydrogen-bond acceptors (Lipinski definition) is 2. The zero-order chi connectivity index (χ0) is 11.4. The first-order valence-electron chi connectivity index (χ1n) is 6.47. The molecule has 0 aromatic carbocycles. The van der Waals surface area contributed by atoms with Gasteiger partial charge in [0.15, 0.2) is 5.96 Å². The second-order valence-electron chi connectivity index (χ2n) is 5.16. The van der Waals surface area contributed by atoms with Crippen molar-refractivity contribution in [2.75, 3.05) is 13.1 Å². The average molecular weight is 225 g/mol. The van der Waals surface area contributed by atoms with Crippen LogP contribution in [0, 0.1) is 11.8 Å². The van der Waals surface area contributed by atoms with Crippen molar-refractivity contribution in [1.82, 2.24) is 5.32 Å². The molecule has 2 unspecified atom stereocenters. The number of aliphatic imine (C=N–C) groups is 1. The molecule has 0 aromatic heterocycles. The van der Waals surface area contributed by atoms with Crippen LogP contribution < -0.4 is 11.1 Å². The van der Waals surface area contributed by atoms with Crippen molar-refractivity contribution >= 4 is 5.96 Å². The van der Waals surface area contributed by atoms with Gasteiger partial charge in [0, 0.05) is 19.0 Å². The Kier molecular flexibility index (Phi) is 4.04. The fourth-order valence-corrected chi connectivity index (χ4v) is 2.45. The lowest BCUT2D eigenvalue weighted by Crippen LogP contribution is -2.38. The molecule has 0 saturated heterocycles. The minimum Gasteiger partial charge on any atom is -0.393 e. The number of guanidine groups is 1. The van der Waals surface area contributed by atoms with Crippen LogP contribution >= 0.6 is 0 Å². The van der Waals surface area contributed by atoms with Gasteiger partial charge in [-0.2, -0.15) is 0 Å².